The quantitative estimate of drug-likeness (QED) is 0.671. The number of halogens is 1. The molecule has 1 fully saturated rings. The summed E-state index contributed by atoms with van der Waals surface area (Å²) < 4.78 is 35.8. The van der Waals surface area contributed by atoms with E-state index in [-0.39, 0.29) is 29.8 Å². The zero-order valence-electron chi connectivity index (χ0n) is 10.7. The van der Waals surface area contributed by atoms with Crippen molar-refractivity contribution in [2.75, 3.05) is 11.5 Å². The van der Waals surface area contributed by atoms with Gasteiger partial charge in [-0.1, -0.05) is 0 Å². The zero-order valence-corrected chi connectivity index (χ0v) is 11.5. The summed E-state index contributed by atoms with van der Waals surface area (Å²) in [5, 5.41) is 13.7. The highest BCUT2D eigenvalue weighted by atomic mass is 32.2. The van der Waals surface area contributed by atoms with Gasteiger partial charge >= 0.3 is 0 Å². The molecule has 2 rings (SSSR count). The van der Waals surface area contributed by atoms with Crippen molar-refractivity contribution in [3.05, 3.63) is 39.7 Å². The summed E-state index contributed by atoms with van der Waals surface area (Å²) in [5.41, 5.74) is 0.193. The molecule has 20 heavy (non-hydrogen) atoms. The number of nitrogens with one attached hydrogen (secondary N) is 1. The van der Waals surface area contributed by atoms with E-state index in [1.165, 1.54) is 12.1 Å². The Labute approximate surface area is 116 Å². The highest BCUT2D eigenvalue weighted by Crippen LogP contribution is 2.17. The number of nitrogens with zero attached hydrogens (tertiary/aromatic N) is 1. The van der Waals surface area contributed by atoms with Gasteiger partial charge in [-0.05, 0) is 24.5 Å². The smallest absolute Gasteiger partial charge is 0.272 e. The third-order valence-electron chi connectivity index (χ3n) is 3.30. The van der Waals surface area contributed by atoms with Gasteiger partial charge in [-0.2, -0.15) is 0 Å². The topological polar surface area (TPSA) is 89.3 Å². The molecule has 6 nitrogen and oxygen atoms in total. The first-order valence-corrected chi connectivity index (χ1v) is 8.05. The maximum absolute atomic E-state index is 13.2. The molecule has 0 atom stereocenters. The van der Waals surface area contributed by atoms with Crippen molar-refractivity contribution in [2.24, 2.45) is 0 Å². The van der Waals surface area contributed by atoms with E-state index in [2.05, 4.69) is 5.32 Å². The molecule has 1 aromatic carbocycles. The van der Waals surface area contributed by atoms with Crippen molar-refractivity contribution >= 4 is 15.5 Å². The maximum atomic E-state index is 13.2. The molecule has 1 aromatic rings. The molecule has 1 heterocycles. The van der Waals surface area contributed by atoms with Crippen LogP contribution in [0.3, 0.4) is 0 Å². The lowest BCUT2D eigenvalue weighted by atomic mass is 10.1. The van der Waals surface area contributed by atoms with Crippen LogP contribution in [0.2, 0.25) is 0 Å². The maximum Gasteiger partial charge on any atom is 0.272 e. The summed E-state index contributed by atoms with van der Waals surface area (Å²) in [6.07, 6.45) is 1.03. The Kier molecular flexibility index (Phi) is 4.34. The molecule has 1 N–H and O–H groups in total. The number of non-ortho nitro benzene ring substituents is 1. The van der Waals surface area contributed by atoms with Crippen LogP contribution >= 0.6 is 0 Å². The van der Waals surface area contributed by atoms with Gasteiger partial charge in [-0.25, -0.2) is 12.8 Å². The van der Waals surface area contributed by atoms with Crippen LogP contribution in [-0.2, 0) is 16.4 Å². The SMILES string of the molecule is O=[N+]([O-])c1cc(F)cc(CNC2CCS(=O)(=O)CC2)c1. The minimum atomic E-state index is -2.91. The Hall–Kier alpha value is -1.54. The summed E-state index contributed by atoms with van der Waals surface area (Å²) >= 11 is 0. The standard InChI is InChI=1S/C12H15FN2O4S/c13-10-5-9(6-12(7-10)15(16)17)8-14-11-1-3-20(18,19)4-2-11/h5-7,11,14H,1-4,8H2. The first-order valence-electron chi connectivity index (χ1n) is 6.23. The number of hydrogen-bond donors (Lipinski definition) is 1. The van der Waals surface area contributed by atoms with Gasteiger partial charge in [0.25, 0.3) is 5.69 Å². The first-order chi connectivity index (χ1) is 9.35. The third-order valence-corrected chi connectivity index (χ3v) is 5.02. The van der Waals surface area contributed by atoms with Gasteiger partial charge in [0.1, 0.15) is 15.7 Å². The van der Waals surface area contributed by atoms with Crippen LogP contribution in [0.15, 0.2) is 18.2 Å². The van der Waals surface area contributed by atoms with Gasteiger partial charge in [0.05, 0.1) is 22.5 Å². The van der Waals surface area contributed by atoms with E-state index in [0.717, 1.165) is 6.07 Å². The molecule has 0 saturated carbocycles. The first kappa shape index (κ1) is 14.9. The second kappa shape index (κ2) is 5.84. The molecule has 8 heteroatoms. The lowest BCUT2D eigenvalue weighted by molar-refractivity contribution is -0.385. The minimum Gasteiger partial charge on any atom is -0.310 e. The summed E-state index contributed by atoms with van der Waals surface area (Å²) in [7, 11) is -2.91. The monoisotopic (exact) mass is 302 g/mol. The van der Waals surface area contributed by atoms with Gasteiger partial charge in [-0.15, -0.1) is 0 Å². The molecule has 110 valence electrons. The Morgan fingerprint density at radius 1 is 1.30 bits per heavy atom. The summed E-state index contributed by atoms with van der Waals surface area (Å²) in [4.78, 5) is 10.00. The van der Waals surface area contributed by atoms with Gasteiger partial charge in [-0.3, -0.25) is 10.1 Å². The third kappa shape index (κ3) is 3.97. The molecule has 0 unspecified atom stereocenters. The Morgan fingerprint density at radius 2 is 1.95 bits per heavy atom. The van der Waals surface area contributed by atoms with E-state index >= 15 is 0 Å². The van der Waals surface area contributed by atoms with Crippen LogP contribution in [0.1, 0.15) is 18.4 Å². The van der Waals surface area contributed by atoms with E-state index in [4.69, 9.17) is 0 Å². The van der Waals surface area contributed by atoms with Crippen LogP contribution in [0.4, 0.5) is 10.1 Å². The average Bonchev–Trinajstić information content (AvgIpc) is 2.37. The van der Waals surface area contributed by atoms with Gasteiger partial charge in [0, 0.05) is 18.7 Å². The fraction of sp³-hybridized carbons (Fsp3) is 0.500. The molecular formula is C12H15FN2O4S. The van der Waals surface area contributed by atoms with Crippen molar-refractivity contribution in [3.63, 3.8) is 0 Å². The molecular weight excluding hydrogens is 287 g/mol. The summed E-state index contributed by atoms with van der Waals surface area (Å²) in [5.74, 6) is -0.357. The molecule has 0 aromatic heterocycles. The van der Waals surface area contributed by atoms with E-state index in [9.17, 15) is 22.9 Å². The molecule has 0 amide bonds. The molecule has 0 radical (unpaired) electrons. The second-order valence-corrected chi connectivity index (χ2v) is 7.19. The number of nitro benzene ring substituents is 1. The van der Waals surface area contributed by atoms with Crippen LogP contribution in [0.5, 0.6) is 0 Å². The highest BCUT2D eigenvalue weighted by Gasteiger charge is 2.23. The molecule has 0 bridgehead atoms. The second-order valence-electron chi connectivity index (χ2n) is 4.88. The molecule has 1 saturated heterocycles. The van der Waals surface area contributed by atoms with Gasteiger partial charge in [0.15, 0.2) is 0 Å². The number of nitro groups is 1. The Balaban J connectivity index is 1.96. The van der Waals surface area contributed by atoms with Gasteiger partial charge in [0.2, 0.25) is 0 Å². The summed E-state index contributed by atoms with van der Waals surface area (Å²) in [6, 6.07) is 3.46. The fourth-order valence-corrected chi connectivity index (χ4v) is 3.69. The molecule has 1 aliphatic heterocycles. The van der Waals surface area contributed by atoms with Crippen molar-refractivity contribution in [2.45, 2.75) is 25.4 Å². The summed E-state index contributed by atoms with van der Waals surface area (Å²) in [6.45, 7) is 0.281. The largest absolute Gasteiger partial charge is 0.310 e. The number of rotatable bonds is 4. The molecule has 0 spiro atoms. The zero-order chi connectivity index (χ0) is 14.8. The molecule has 0 aliphatic carbocycles. The number of hydrogen-bond acceptors (Lipinski definition) is 5. The number of sulfone groups is 1. The highest BCUT2D eigenvalue weighted by molar-refractivity contribution is 7.91. The lowest BCUT2D eigenvalue weighted by Gasteiger charge is -2.23. The van der Waals surface area contributed by atoms with Crippen LogP contribution in [0.25, 0.3) is 0 Å². The molecule has 1 aliphatic rings. The van der Waals surface area contributed by atoms with E-state index in [1.807, 2.05) is 0 Å². The van der Waals surface area contributed by atoms with Crippen LogP contribution < -0.4 is 5.32 Å². The average molecular weight is 302 g/mol. The Bertz CT molecular complexity index is 604. The number of benzene rings is 1. The van der Waals surface area contributed by atoms with E-state index in [0.29, 0.717) is 18.4 Å². The predicted octanol–water partition coefficient (Wildman–Crippen LogP) is 1.40. The minimum absolute atomic E-state index is 0.0425. The van der Waals surface area contributed by atoms with Crippen molar-refractivity contribution in [3.8, 4) is 0 Å². The lowest BCUT2D eigenvalue weighted by Crippen LogP contribution is -2.37. The Morgan fingerprint density at radius 3 is 2.55 bits per heavy atom. The predicted molar refractivity (Wildman–Crippen MR) is 71.6 cm³/mol. The van der Waals surface area contributed by atoms with Crippen LogP contribution in [0, 0.1) is 15.9 Å². The van der Waals surface area contributed by atoms with E-state index < -0.39 is 20.6 Å². The van der Waals surface area contributed by atoms with Crippen molar-refractivity contribution < 1.29 is 17.7 Å². The normalized spacial score (nSPS) is 18.9. The van der Waals surface area contributed by atoms with Crippen molar-refractivity contribution in [1.82, 2.24) is 5.32 Å². The van der Waals surface area contributed by atoms with Crippen molar-refractivity contribution in [1.29, 1.82) is 0 Å². The fourth-order valence-electron chi connectivity index (χ4n) is 2.20. The van der Waals surface area contributed by atoms with Crippen LogP contribution in [-0.4, -0.2) is 30.9 Å². The van der Waals surface area contributed by atoms with E-state index in [1.54, 1.807) is 0 Å². The van der Waals surface area contributed by atoms with Gasteiger partial charge < -0.3 is 5.32 Å².